The fourth-order valence-electron chi connectivity index (χ4n) is 2.05. The molecule has 0 radical (unpaired) electrons. The summed E-state index contributed by atoms with van der Waals surface area (Å²) in [5.74, 6) is 0.233. The Bertz CT molecular complexity index is 641. The molecule has 1 aromatic carbocycles. The standard InChI is InChI=1S/C16H18N2O3S/c1-11(12-6-3-4-7-13(12)21-2)18-15(19)10-17-16(20)14-8-5-9-22-14/h3-9,11H,10H2,1-2H3,(H,17,20)(H,18,19). The fourth-order valence-corrected chi connectivity index (χ4v) is 2.69. The van der Waals surface area contributed by atoms with Crippen LogP contribution in [0, 0.1) is 0 Å². The third-order valence-electron chi connectivity index (χ3n) is 3.14. The van der Waals surface area contributed by atoms with Gasteiger partial charge in [0.1, 0.15) is 5.75 Å². The first-order valence-electron chi connectivity index (χ1n) is 6.85. The molecule has 2 amide bonds. The second kappa shape index (κ2) is 7.61. The Kier molecular flexibility index (Phi) is 5.55. The lowest BCUT2D eigenvalue weighted by Gasteiger charge is -2.17. The number of para-hydroxylation sites is 1. The summed E-state index contributed by atoms with van der Waals surface area (Å²) >= 11 is 1.34. The molecular formula is C16H18N2O3S. The van der Waals surface area contributed by atoms with Crippen molar-refractivity contribution in [3.63, 3.8) is 0 Å². The van der Waals surface area contributed by atoms with Crippen molar-refractivity contribution in [2.24, 2.45) is 0 Å². The molecule has 5 nitrogen and oxygen atoms in total. The van der Waals surface area contributed by atoms with Crippen LogP contribution < -0.4 is 15.4 Å². The molecule has 0 aliphatic carbocycles. The third-order valence-corrected chi connectivity index (χ3v) is 4.01. The van der Waals surface area contributed by atoms with Gasteiger partial charge in [-0.15, -0.1) is 11.3 Å². The van der Waals surface area contributed by atoms with E-state index in [1.54, 1.807) is 19.2 Å². The van der Waals surface area contributed by atoms with Crippen molar-refractivity contribution in [2.45, 2.75) is 13.0 Å². The molecule has 0 bridgehead atoms. The smallest absolute Gasteiger partial charge is 0.261 e. The minimum atomic E-state index is -0.247. The monoisotopic (exact) mass is 318 g/mol. The highest BCUT2D eigenvalue weighted by molar-refractivity contribution is 7.12. The summed E-state index contributed by atoms with van der Waals surface area (Å²) in [5, 5.41) is 7.26. The molecule has 1 heterocycles. The number of ether oxygens (including phenoxy) is 1. The van der Waals surface area contributed by atoms with Crippen molar-refractivity contribution in [1.29, 1.82) is 0 Å². The first-order valence-corrected chi connectivity index (χ1v) is 7.73. The van der Waals surface area contributed by atoms with E-state index in [9.17, 15) is 9.59 Å². The number of hydrogen-bond acceptors (Lipinski definition) is 4. The molecular weight excluding hydrogens is 300 g/mol. The maximum absolute atomic E-state index is 11.9. The topological polar surface area (TPSA) is 67.4 Å². The third kappa shape index (κ3) is 4.08. The molecule has 0 fully saturated rings. The van der Waals surface area contributed by atoms with Crippen LogP contribution in [0.25, 0.3) is 0 Å². The van der Waals surface area contributed by atoms with Gasteiger partial charge in [0.15, 0.2) is 0 Å². The summed E-state index contributed by atoms with van der Waals surface area (Å²) in [7, 11) is 1.59. The minimum absolute atomic E-state index is 0.0593. The first kappa shape index (κ1) is 16.0. The lowest BCUT2D eigenvalue weighted by molar-refractivity contribution is -0.120. The predicted molar refractivity (Wildman–Crippen MR) is 86.2 cm³/mol. The van der Waals surface area contributed by atoms with Crippen LogP contribution in [0.3, 0.4) is 0 Å². The summed E-state index contributed by atoms with van der Waals surface area (Å²) in [4.78, 5) is 24.3. The van der Waals surface area contributed by atoms with E-state index in [2.05, 4.69) is 10.6 Å². The van der Waals surface area contributed by atoms with Crippen molar-refractivity contribution in [3.05, 3.63) is 52.2 Å². The average Bonchev–Trinajstić information content (AvgIpc) is 3.07. The largest absolute Gasteiger partial charge is 0.496 e. The summed E-state index contributed by atoms with van der Waals surface area (Å²) < 4.78 is 5.28. The highest BCUT2D eigenvalue weighted by Crippen LogP contribution is 2.24. The summed E-state index contributed by atoms with van der Waals surface area (Å²) in [6.07, 6.45) is 0. The lowest BCUT2D eigenvalue weighted by atomic mass is 10.1. The van der Waals surface area contributed by atoms with Gasteiger partial charge in [-0.2, -0.15) is 0 Å². The number of methoxy groups -OCH3 is 1. The molecule has 0 aliphatic rings. The Morgan fingerprint density at radius 1 is 1.23 bits per heavy atom. The molecule has 2 rings (SSSR count). The van der Waals surface area contributed by atoms with E-state index in [-0.39, 0.29) is 24.4 Å². The number of rotatable bonds is 6. The quantitative estimate of drug-likeness (QED) is 0.859. The van der Waals surface area contributed by atoms with Crippen LogP contribution in [-0.4, -0.2) is 25.5 Å². The van der Waals surface area contributed by atoms with Crippen molar-refractivity contribution in [2.75, 3.05) is 13.7 Å². The maximum Gasteiger partial charge on any atom is 0.261 e. The Morgan fingerprint density at radius 3 is 2.68 bits per heavy atom. The van der Waals surface area contributed by atoms with Gasteiger partial charge in [0.25, 0.3) is 5.91 Å². The van der Waals surface area contributed by atoms with E-state index in [4.69, 9.17) is 4.74 Å². The number of hydrogen-bond donors (Lipinski definition) is 2. The maximum atomic E-state index is 11.9. The molecule has 1 atom stereocenters. The Balaban J connectivity index is 1.87. The molecule has 0 saturated heterocycles. The zero-order valence-electron chi connectivity index (χ0n) is 12.5. The molecule has 0 aliphatic heterocycles. The van der Waals surface area contributed by atoms with Gasteiger partial charge in [-0.25, -0.2) is 0 Å². The molecule has 116 valence electrons. The lowest BCUT2D eigenvalue weighted by Crippen LogP contribution is -2.37. The average molecular weight is 318 g/mol. The highest BCUT2D eigenvalue weighted by Gasteiger charge is 2.14. The van der Waals surface area contributed by atoms with Crippen LogP contribution in [0.5, 0.6) is 5.75 Å². The highest BCUT2D eigenvalue weighted by atomic mass is 32.1. The number of benzene rings is 1. The van der Waals surface area contributed by atoms with Crippen molar-refractivity contribution >= 4 is 23.2 Å². The molecule has 22 heavy (non-hydrogen) atoms. The molecule has 2 N–H and O–H groups in total. The van der Waals surface area contributed by atoms with E-state index >= 15 is 0 Å². The van der Waals surface area contributed by atoms with Gasteiger partial charge in [0, 0.05) is 5.56 Å². The number of carbonyl (C=O) groups excluding carboxylic acids is 2. The molecule has 0 saturated carbocycles. The van der Waals surface area contributed by atoms with Crippen LogP contribution >= 0.6 is 11.3 Å². The van der Waals surface area contributed by atoms with Crippen molar-refractivity contribution in [1.82, 2.24) is 10.6 Å². The van der Waals surface area contributed by atoms with Gasteiger partial charge in [0.2, 0.25) is 5.91 Å². The van der Waals surface area contributed by atoms with Crippen LogP contribution in [0.4, 0.5) is 0 Å². The number of amides is 2. The predicted octanol–water partition coefficient (Wildman–Crippen LogP) is 2.36. The van der Waals surface area contributed by atoms with E-state index in [0.717, 1.165) is 11.3 Å². The van der Waals surface area contributed by atoms with Crippen LogP contribution in [0.1, 0.15) is 28.2 Å². The molecule has 6 heteroatoms. The summed E-state index contributed by atoms with van der Waals surface area (Å²) in [5.41, 5.74) is 0.892. The molecule has 1 aromatic heterocycles. The Morgan fingerprint density at radius 2 is 2.00 bits per heavy atom. The molecule has 0 spiro atoms. The Labute approximate surface area is 133 Å². The first-order chi connectivity index (χ1) is 10.6. The van der Waals surface area contributed by atoms with Gasteiger partial charge < -0.3 is 15.4 Å². The zero-order valence-corrected chi connectivity index (χ0v) is 13.3. The zero-order chi connectivity index (χ0) is 15.9. The number of carbonyl (C=O) groups is 2. The van der Waals surface area contributed by atoms with Gasteiger partial charge in [-0.3, -0.25) is 9.59 Å². The summed E-state index contributed by atoms with van der Waals surface area (Å²) in [6, 6.07) is 10.8. The summed E-state index contributed by atoms with van der Waals surface area (Å²) in [6.45, 7) is 1.81. The van der Waals surface area contributed by atoms with E-state index in [0.29, 0.717) is 4.88 Å². The van der Waals surface area contributed by atoms with E-state index in [1.165, 1.54) is 11.3 Å². The fraction of sp³-hybridized carbons (Fsp3) is 0.250. The van der Waals surface area contributed by atoms with Crippen LogP contribution in [0.2, 0.25) is 0 Å². The second-order valence-electron chi connectivity index (χ2n) is 4.69. The molecule has 1 unspecified atom stereocenters. The SMILES string of the molecule is COc1ccccc1C(C)NC(=O)CNC(=O)c1cccs1. The van der Waals surface area contributed by atoms with E-state index in [1.807, 2.05) is 36.6 Å². The normalized spacial score (nSPS) is 11.5. The van der Waals surface area contributed by atoms with Gasteiger partial charge in [0.05, 0.1) is 24.6 Å². The van der Waals surface area contributed by atoms with Gasteiger partial charge in [-0.1, -0.05) is 24.3 Å². The molecule has 2 aromatic rings. The second-order valence-corrected chi connectivity index (χ2v) is 5.64. The van der Waals surface area contributed by atoms with Crippen molar-refractivity contribution < 1.29 is 14.3 Å². The Hall–Kier alpha value is -2.34. The number of nitrogens with one attached hydrogen (secondary N) is 2. The minimum Gasteiger partial charge on any atom is -0.496 e. The van der Waals surface area contributed by atoms with E-state index < -0.39 is 0 Å². The van der Waals surface area contributed by atoms with Crippen molar-refractivity contribution in [3.8, 4) is 5.75 Å². The van der Waals surface area contributed by atoms with Gasteiger partial charge in [-0.05, 0) is 24.4 Å². The van der Waals surface area contributed by atoms with Crippen LogP contribution in [-0.2, 0) is 4.79 Å². The number of thiophene rings is 1. The van der Waals surface area contributed by atoms with Crippen LogP contribution in [0.15, 0.2) is 41.8 Å². The van der Waals surface area contributed by atoms with Gasteiger partial charge >= 0.3 is 0 Å².